The molecular formula is C19H27Cl2N5O2. The molecule has 2 aliphatic rings. The number of pyridine rings is 1. The van der Waals surface area contributed by atoms with Crippen LogP contribution in [-0.4, -0.2) is 53.3 Å². The quantitative estimate of drug-likeness (QED) is 0.556. The van der Waals surface area contributed by atoms with Gasteiger partial charge in [-0.3, -0.25) is 9.78 Å². The number of rotatable bonds is 6. The van der Waals surface area contributed by atoms with Crippen LogP contribution in [0.1, 0.15) is 44.1 Å². The Morgan fingerprint density at radius 3 is 2.82 bits per heavy atom. The Balaban J connectivity index is 0.00000196. The summed E-state index contributed by atoms with van der Waals surface area (Å²) in [6.45, 7) is 1.02. The first-order valence-electron chi connectivity index (χ1n) is 9.28. The van der Waals surface area contributed by atoms with Gasteiger partial charge in [-0.2, -0.15) is 5.26 Å². The highest BCUT2D eigenvalue weighted by Crippen LogP contribution is 2.22. The largest absolute Gasteiger partial charge is 0.392 e. The van der Waals surface area contributed by atoms with Crippen molar-refractivity contribution in [2.75, 3.05) is 13.1 Å². The van der Waals surface area contributed by atoms with Crippen LogP contribution in [0.5, 0.6) is 0 Å². The highest BCUT2D eigenvalue weighted by Gasteiger charge is 2.29. The van der Waals surface area contributed by atoms with Crippen molar-refractivity contribution >= 4 is 36.9 Å². The first-order chi connectivity index (χ1) is 12.8. The summed E-state index contributed by atoms with van der Waals surface area (Å²) >= 11 is 0. The Morgan fingerprint density at radius 1 is 1.36 bits per heavy atom. The van der Waals surface area contributed by atoms with E-state index >= 15 is 0 Å². The number of nitrogens with zero attached hydrogens (tertiary/aromatic N) is 4. The Bertz CT molecular complexity index is 660. The number of halogens is 2. The number of likely N-dealkylation sites (tertiary alicyclic amines) is 1. The predicted molar refractivity (Wildman–Crippen MR) is 112 cm³/mol. The molecule has 0 spiro atoms. The second-order valence-corrected chi connectivity index (χ2v) is 6.86. The maximum Gasteiger partial charge on any atom is 0.237 e. The van der Waals surface area contributed by atoms with Crippen LogP contribution in [0.25, 0.3) is 0 Å². The molecule has 0 aromatic carbocycles. The molecule has 0 radical (unpaired) electrons. The molecule has 0 bridgehead atoms. The van der Waals surface area contributed by atoms with Gasteiger partial charge in [0, 0.05) is 30.5 Å². The lowest BCUT2D eigenvalue weighted by Crippen LogP contribution is -2.44. The minimum absolute atomic E-state index is 0. The normalized spacial score (nSPS) is 24.1. The molecule has 1 aromatic rings. The zero-order valence-corrected chi connectivity index (χ0v) is 17.3. The van der Waals surface area contributed by atoms with E-state index in [2.05, 4.69) is 21.5 Å². The van der Waals surface area contributed by atoms with Gasteiger partial charge in [0.2, 0.25) is 5.91 Å². The lowest BCUT2D eigenvalue weighted by molar-refractivity contribution is -0.130. The van der Waals surface area contributed by atoms with Crippen molar-refractivity contribution in [2.45, 2.75) is 56.7 Å². The molecule has 0 unspecified atom stereocenters. The third kappa shape index (κ3) is 6.93. The van der Waals surface area contributed by atoms with E-state index < -0.39 is 0 Å². The summed E-state index contributed by atoms with van der Waals surface area (Å²) in [5, 5.41) is 16.5. The lowest BCUT2D eigenvalue weighted by Gasteiger charge is -2.28. The highest BCUT2D eigenvalue weighted by molar-refractivity contribution is 5.85. The summed E-state index contributed by atoms with van der Waals surface area (Å²) in [5.74, 6) is 0.0356. The molecule has 7 nitrogen and oxygen atoms in total. The minimum atomic E-state index is -0.244. The van der Waals surface area contributed by atoms with E-state index in [1.165, 1.54) is 0 Å². The molecule has 3 rings (SSSR count). The number of aromatic nitrogens is 1. The fraction of sp³-hybridized carbons (Fsp3) is 0.579. The third-order valence-corrected chi connectivity index (χ3v) is 5.03. The lowest BCUT2D eigenvalue weighted by atomic mass is 9.93. The molecule has 9 heteroatoms. The Kier molecular flexibility index (Phi) is 10.8. The van der Waals surface area contributed by atoms with Gasteiger partial charge in [0.15, 0.2) is 0 Å². The maximum absolute atomic E-state index is 12.3. The van der Waals surface area contributed by atoms with Crippen LogP contribution in [0, 0.1) is 11.3 Å². The van der Waals surface area contributed by atoms with Crippen LogP contribution in [0.3, 0.4) is 0 Å². The van der Waals surface area contributed by atoms with Gasteiger partial charge in [-0.1, -0.05) is 11.2 Å². The van der Waals surface area contributed by atoms with E-state index in [9.17, 15) is 4.79 Å². The van der Waals surface area contributed by atoms with Crippen molar-refractivity contribution < 1.29 is 9.63 Å². The van der Waals surface area contributed by atoms with E-state index in [0.29, 0.717) is 19.1 Å². The SMILES string of the molecule is Cl.Cl.N#C[C@@H]1CCCN1C(=O)CN[C@H]1CC[C@@H](ON=Cc2cccnc2)CC1. The van der Waals surface area contributed by atoms with E-state index in [1.807, 2.05) is 12.1 Å². The third-order valence-electron chi connectivity index (χ3n) is 5.03. The molecule has 1 saturated heterocycles. The van der Waals surface area contributed by atoms with Gasteiger partial charge in [0.05, 0.1) is 18.8 Å². The number of carbonyl (C=O) groups excluding carboxylic acids is 1. The second kappa shape index (κ2) is 12.6. The van der Waals surface area contributed by atoms with Gasteiger partial charge >= 0.3 is 0 Å². The minimum Gasteiger partial charge on any atom is -0.392 e. The molecule has 2 heterocycles. The summed E-state index contributed by atoms with van der Waals surface area (Å²) in [6.07, 6.45) is 10.7. The number of hydrogen-bond donors (Lipinski definition) is 1. The van der Waals surface area contributed by atoms with Crippen molar-refractivity contribution in [3.05, 3.63) is 30.1 Å². The van der Waals surface area contributed by atoms with Gasteiger partial charge in [0.1, 0.15) is 12.1 Å². The average Bonchev–Trinajstić information content (AvgIpc) is 3.17. The number of amides is 1. The van der Waals surface area contributed by atoms with Crippen molar-refractivity contribution in [3.63, 3.8) is 0 Å². The standard InChI is InChI=1S/C19H25N5O2.2ClH/c20-11-17-4-2-10-24(17)19(25)14-22-16-5-7-18(8-6-16)26-23-13-15-3-1-9-21-12-15;;/h1,3,9,12-13,16-18,22H,2,4-8,10,14H2;2*1H/t16-,17-,18+;;/m0../s1. The number of nitriles is 1. The fourth-order valence-corrected chi connectivity index (χ4v) is 3.53. The molecule has 1 aliphatic heterocycles. The first kappa shape index (κ1) is 24.2. The summed E-state index contributed by atoms with van der Waals surface area (Å²) < 4.78 is 0. The van der Waals surface area contributed by atoms with Crippen LogP contribution in [0.15, 0.2) is 29.7 Å². The molecular weight excluding hydrogens is 401 g/mol. The van der Waals surface area contributed by atoms with Gasteiger partial charge in [-0.15, -0.1) is 24.8 Å². The molecule has 2 fully saturated rings. The van der Waals surface area contributed by atoms with Gasteiger partial charge in [0.25, 0.3) is 0 Å². The zero-order valence-electron chi connectivity index (χ0n) is 15.7. The summed E-state index contributed by atoms with van der Waals surface area (Å²) in [7, 11) is 0. The smallest absolute Gasteiger partial charge is 0.237 e. The van der Waals surface area contributed by atoms with Crippen LogP contribution >= 0.6 is 24.8 Å². The Labute approximate surface area is 178 Å². The summed E-state index contributed by atoms with van der Waals surface area (Å²) in [4.78, 5) is 23.6. The number of carbonyl (C=O) groups is 1. The molecule has 1 atom stereocenters. The second-order valence-electron chi connectivity index (χ2n) is 6.86. The Morgan fingerprint density at radius 2 is 2.14 bits per heavy atom. The van der Waals surface area contributed by atoms with Crippen LogP contribution in [-0.2, 0) is 9.63 Å². The highest BCUT2D eigenvalue weighted by atomic mass is 35.5. The van der Waals surface area contributed by atoms with Gasteiger partial charge in [-0.25, -0.2) is 0 Å². The molecule has 154 valence electrons. The van der Waals surface area contributed by atoms with E-state index in [0.717, 1.165) is 44.1 Å². The zero-order chi connectivity index (χ0) is 18.2. The van der Waals surface area contributed by atoms with Crippen molar-refractivity contribution in [3.8, 4) is 6.07 Å². The monoisotopic (exact) mass is 427 g/mol. The molecule has 1 aromatic heterocycles. The predicted octanol–water partition coefficient (Wildman–Crippen LogP) is 2.69. The molecule has 1 saturated carbocycles. The van der Waals surface area contributed by atoms with Crippen LogP contribution in [0.2, 0.25) is 0 Å². The van der Waals surface area contributed by atoms with Gasteiger partial charge < -0.3 is 15.1 Å². The van der Waals surface area contributed by atoms with Crippen molar-refractivity contribution in [2.24, 2.45) is 5.16 Å². The van der Waals surface area contributed by atoms with E-state index in [-0.39, 0.29) is 42.9 Å². The topological polar surface area (TPSA) is 90.6 Å². The van der Waals surface area contributed by atoms with Crippen LogP contribution < -0.4 is 5.32 Å². The molecule has 1 amide bonds. The van der Waals surface area contributed by atoms with Crippen molar-refractivity contribution in [1.29, 1.82) is 5.26 Å². The molecule has 28 heavy (non-hydrogen) atoms. The maximum atomic E-state index is 12.3. The summed E-state index contributed by atoms with van der Waals surface area (Å²) in [6, 6.07) is 6.08. The average molecular weight is 428 g/mol. The fourth-order valence-electron chi connectivity index (χ4n) is 3.53. The van der Waals surface area contributed by atoms with Gasteiger partial charge in [-0.05, 0) is 44.6 Å². The molecule has 1 aliphatic carbocycles. The van der Waals surface area contributed by atoms with E-state index in [1.54, 1.807) is 23.5 Å². The van der Waals surface area contributed by atoms with E-state index in [4.69, 9.17) is 10.1 Å². The Hall–Kier alpha value is -1.88. The number of hydrogen-bond acceptors (Lipinski definition) is 6. The number of nitrogens with one attached hydrogen (secondary N) is 1. The van der Waals surface area contributed by atoms with Crippen molar-refractivity contribution in [1.82, 2.24) is 15.2 Å². The first-order valence-corrected chi connectivity index (χ1v) is 9.28. The summed E-state index contributed by atoms with van der Waals surface area (Å²) in [5.41, 5.74) is 0.916. The number of oxime groups is 1. The van der Waals surface area contributed by atoms with Crippen LogP contribution in [0.4, 0.5) is 0 Å². The molecule has 1 N–H and O–H groups in total.